The molecule has 0 saturated heterocycles. The van der Waals surface area contributed by atoms with Gasteiger partial charge in [-0.2, -0.15) is 0 Å². The number of aryl methyl sites for hydroxylation is 1. The van der Waals surface area contributed by atoms with Gasteiger partial charge in [0.15, 0.2) is 0 Å². The molecule has 0 aliphatic carbocycles. The van der Waals surface area contributed by atoms with Crippen LogP contribution in [-0.4, -0.2) is 16.1 Å². The Morgan fingerprint density at radius 3 is 2.71 bits per heavy atom. The van der Waals surface area contributed by atoms with Gasteiger partial charge in [-0.3, -0.25) is 4.79 Å². The largest absolute Gasteiger partial charge is 0.481 e. The van der Waals surface area contributed by atoms with Gasteiger partial charge in [0.25, 0.3) is 0 Å². The molecule has 0 saturated carbocycles. The first kappa shape index (κ1) is 11.7. The number of carboxylic acids is 1. The molecule has 2 aromatic rings. The first-order chi connectivity index (χ1) is 7.88. The molecule has 3 nitrogen and oxygen atoms in total. The molecule has 0 aliphatic heterocycles. The van der Waals surface area contributed by atoms with Gasteiger partial charge in [0.1, 0.15) is 0 Å². The van der Waals surface area contributed by atoms with Gasteiger partial charge < -0.3 is 10.1 Å². The summed E-state index contributed by atoms with van der Waals surface area (Å²) >= 11 is 0. The number of rotatable bonds is 3. The summed E-state index contributed by atoms with van der Waals surface area (Å²) in [4.78, 5) is 14.4. The Morgan fingerprint density at radius 2 is 2.06 bits per heavy atom. The molecule has 2 N–H and O–H groups in total. The van der Waals surface area contributed by atoms with E-state index in [0.29, 0.717) is 6.42 Å². The summed E-state index contributed by atoms with van der Waals surface area (Å²) < 4.78 is 0. The highest BCUT2D eigenvalue weighted by atomic mass is 16.4. The van der Waals surface area contributed by atoms with Crippen molar-refractivity contribution in [1.29, 1.82) is 0 Å². The molecule has 17 heavy (non-hydrogen) atoms. The Kier molecular flexibility index (Phi) is 2.69. The molecule has 2 rings (SSSR count). The third-order valence-corrected chi connectivity index (χ3v) is 3.05. The van der Waals surface area contributed by atoms with Crippen LogP contribution in [0.3, 0.4) is 0 Å². The number of hydrogen-bond donors (Lipinski definition) is 2. The molecular weight excluding hydrogens is 214 g/mol. The summed E-state index contributed by atoms with van der Waals surface area (Å²) in [6.07, 6.45) is 0.510. The van der Waals surface area contributed by atoms with Crippen molar-refractivity contribution < 1.29 is 9.90 Å². The number of aromatic nitrogens is 1. The van der Waals surface area contributed by atoms with Crippen LogP contribution in [0, 0.1) is 12.3 Å². The predicted octanol–water partition coefficient (Wildman–Crippen LogP) is 3.13. The number of H-pyrrole nitrogens is 1. The third-order valence-electron chi connectivity index (χ3n) is 3.05. The molecule has 0 unspecified atom stereocenters. The zero-order valence-corrected chi connectivity index (χ0v) is 10.4. The lowest BCUT2D eigenvalue weighted by molar-refractivity contribution is -0.146. The van der Waals surface area contributed by atoms with Crippen LogP contribution < -0.4 is 0 Å². The van der Waals surface area contributed by atoms with Crippen LogP contribution >= 0.6 is 0 Å². The summed E-state index contributed by atoms with van der Waals surface area (Å²) in [5.41, 5.74) is 2.50. The average Bonchev–Trinajstić information content (AvgIpc) is 2.57. The average molecular weight is 231 g/mol. The topological polar surface area (TPSA) is 53.1 Å². The van der Waals surface area contributed by atoms with E-state index in [-0.39, 0.29) is 0 Å². The van der Waals surface area contributed by atoms with Crippen molar-refractivity contribution in [2.45, 2.75) is 27.2 Å². The number of carbonyl (C=O) groups is 1. The number of carboxylic acid groups (broad SMARTS) is 1. The minimum absolute atomic E-state index is 0.510. The van der Waals surface area contributed by atoms with E-state index >= 15 is 0 Å². The lowest BCUT2D eigenvalue weighted by atomic mass is 9.88. The third kappa shape index (κ3) is 2.33. The fourth-order valence-electron chi connectivity index (χ4n) is 1.95. The van der Waals surface area contributed by atoms with Crippen molar-refractivity contribution in [2.75, 3.05) is 0 Å². The fourth-order valence-corrected chi connectivity index (χ4v) is 1.95. The van der Waals surface area contributed by atoms with Crippen LogP contribution in [0.1, 0.15) is 25.1 Å². The first-order valence-electron chi connectivity index (χ1n) is 5.70. The molecule has 90 valence electrons. The predicted molar refractivity (Wildman–Crippen MR) is 68.2 cm³/mol. The summed E-state index contributed by atoms with van der Waals surface area (Å²) in [6, 6.07) is 8.22. The Hall–Kier alpha value is -1.77. The lowest BCUT2D eigenvalue weighted by Gasteiger charge is -2.17. The minimum Gasteiger partial charge on any atom is -0.481 e. The quantitative estimate of drug-likeness (QED) is 0.852. The van der Waals surface area contributed by atoms with Crippen LogP contribution in [0.15, 0.2) is 24.3 Å². The molecule has 0 radical (unpaired) electrons. The van der Waals surface area contributed by atoms with E-state index < -0.39 is 11.4 Å². The number of aromatic amines is 1. The number of benzene rings is 1. The lowest BCUT2D eigenvalue weighted by Crippen LogP contribution is -2.26. The smallest absolute Gasteiger partial charge is 0.309 e. The molecule has 3 heteroatoms. The zero-order valence-electron chi connectivity index (χ0n) is 10.4. The molecule has 0 spiro atoms. The first-order valence-corrected chi connectivity index (χ1v) is 5.70. The van der Waals surface area contributed by atoms with Crippen LogP contribution in [0.4, 0.5) is 0 Å². The van der Waals surface area contributed by atoms with E-state index in [2.05, 4.69) is 23.2 Å². The highest BCUT2D eigenvalue weighted by Crippen LogP contribution is 2.24. The van der Waals surface area contributed by atoms with Gasteiger partial charge in [-0.15, -0.1) is 0 Å². The van der Waals surface area contributed by atoms with Crippen molar-refractivity contribution in [3.63, 3.8) is 0 Å². The molecule has 0 fully saturated rings. The van der Waals surface area contributed by atoms with Gasteiger partial charge in [0, 0.05) is 17.6 Å². The van der Waals surface area contributed by atoms with E-state index in [1.165, 1.54) is 5.56 Å². The van der Waals surface area contributed by atoms with Crippen LogP contribution in [-0.2, 0) is 11.2 Å². The summed E-state index contributed by atoms with van der Waals surface area (Å²) in [5.74, 6) is -0.771. The second-order valence-corrected chi connectivity index (χ2v) is 5.25. The van der Waals surface area contributed by atoms with E-state index in [1.807, 2.05) is 13.0 Å². The number of aliphatic carboxylic acids is 1. The highest BCUT2D eigenvalue weighted by Gasteiger charge is 2.27. The zero-order chi connectivity index (χ0) is 12.6. The van der Waals surface area contributed by atoms with Crippen molar-refractivity contribution in [1.82, 2.24) is 4.98 Å². The molecular formula is C14H17NO2. The molecule has 0 atom stereocenters. The van der Waals surface area contributed by atoms with Crippen molar-refractivity contribution >= 4 is 16.9 Å². The normalized spacial score (nSPS) is 11.9. The van der Waals surface area contributed by atoms with E-state index in [1.54, 1.807) is 13.8 Å². The van der Waals surface area contributed by atoms with Gasteiger partial charge in [-0.25, -0.2) is 0 Å². The summed E-state index contributed by atoms with van der Waals surface area (Å²) in [6.45, 7) is 5.53. The number of fused-ring (bicyclic) bond motifs is 1. The monoisotopic (exact) mass is 231 g/mol. The van der Waals surface area contributed by atoms with Crippen LogP contribution in [0.25, 0.3) is 10.9 Å². The fraction of sp³-hybridized carbons (Fsp3) is 0.357. The molecule has 1 aromatic heterocycles. The SMILES string of the molecule is Cc1ccc2cc(CC(C)(C)C(=O)O)[nH]c2c1. The van der Waals surface area contributed by atoms with Gasteiger partial charge in [-0.1, -0.05) is 12.1 Å². The van der Waals surface area contributed by atoms with E-state index in [9.17, 15) is 4.79 Å². The Labute approximate surface area is 100 Å². The standard InChI is InChI=1S/C14H17NO2/c1-9-4-5-10-7-11(15-12(10)6-9)8-14(2,3)13(16)17/h4-7,15H,8H2,1-3H3,(H,16,17). The summed E-state index contributed by atoms with van der Waals surface area (Å²) in [7, 11) is 0. The van der Waals surface area contributed by atoms with Gasteiger partial charge >= 0.3 is 5.97 Å². The number of nitrogens with one attached hydrogen (secondary N) is 1. The minimum atomic E-state index is -0.771. The Bertz CT molecular complexity index is 567. The second-order valence-electron chi connectivity index (χ2n) is 5.25. The van der Waals surface area contributed by atoms with Crippen LogP contribution in [0.5, 0.6) is 0 Å². The Balaban J connectivity index is 2.34. The molecule has 0 amide bonds. The van der Waals surface area contributed by atoms with Crippen LogP contribution in [0.2, 0.25) is 0 Å². The molecule has 0 aliphatic rings. The van der Waals surface area contributed by atoms with E-state index in [0.717, 1.165) is 16.6 Å². The van der Waals surface area contributed by atoms with Crippen molar-refractivity contribution in [3.05, 3.63) is 35.5 Å². The maximum Gasteiger partial charge on any atom is 0.309 e. The van der Waals surface area contributed by atoms with E-state index in [4.69, 9.17) is 5.11 Å². The second kappa shape index (κ2) is 3.91. The van der Waals surface area contributed by atoms with Crippen molar-refractivity contribution in [3.8, 4) is 0 Å². The van der Waals surface area contributed by atoms with Gasteiger partial charge in [-0.05, 0) is 43.9 Å². The summed E-state index contributed by atoms with van der Waals surface area (Å²) in [5, 5.41) is 10.2. The number of hydrogen-bond acceptors (Lipinski definition) is 1. The molecule has 0 bridgehead atoms. The molecule has 1 heterocycles. The maximum absolute atomic E-state index is 11.1. The maximum atomic E-state index is 11.1. The Morgan fingerprint density at radius 1 is 1.35 bits per heavy atom. The van der Waals surface area contributed by atoms with Crippen molar-refractivity contribution in [2.24, 2.45) is 5.41 Å². The highest BCUT2D eigenvalue weighted by molar-refractivity contribution is 5.81. The van der Waals surface area contributed by atoms with Gasteiger partial charge in [0.05, 0.1) is 5.41 Å². The molecule has 1 aromatic carbocycles. The van der Waals surface area contributed by atoms with Gasteiger partial charge in [0.2, 0.25) is 0 Å².